The Kier molecular flexibility index (Phi) is 8.21. The van der Waals surface area contributed by atoms with Crippen LogP contribution < -0.4 is 10.6 Å². The minimum absolute atomic E-state index is 0.0130. The first-order valence-electron chi connectivity index (χ1n) is 10.0. The van der Waals surface area contributed by atoms with E-state index in [1.807, 2.05) is 0 Å². The molecule has 0 aliphatic carbocycles. The molecule has 0 fully saturated rings. The largest absolute Gasteiger partial charge is 0.361 e. The molecule has 170 valence electrons. The van der Waals surface area contributed by atoms with Crippen molar-refractivity contribution in [3.8, 4) is 11.3 Å². The van der Waals surface area contributed by atoms with Crippen molar-refractivity contribution in [1.29, 1.82) is 0 Å². The maximum atomic E-state index is 13.8. The highest BCUT2D eigenvalue weighted by Gasteiger charge is 2.26. The van der Waals surface area contributed by atoms with Crippen molar-refractivity contribution in [1.82, 2.24) is 5.16 Å². The van der Waals surface area contributed by atoms with Gasteiger partial charge < -0.3 is 18.9 Å². The van der Waals surface area contributed by atoms with Crippen molar-refractivity contribution in [3.63, 3.8) is 0 Å². The van der Waals surface area contributed by atoms with E-state index >= 15 is 0 Å². The molecule has 7 nitrogen and oxygen atoms in total. The monoisotopic (exact) mass is 480 g/mol. The Morgan fingerprint density at radius 1 is 1.16 bits per heavy atom. The highest BCUT2D eigenvalue weighted by Crippen LogP contribution is 2.46. The molecule has 32 heavy (non-hydrogen) atoms. The molecule has 3 rings (SSSR count). The van der Waals surface area contributed by atoms with Crippen LogP contribution in [0.3, 0.4) is 0 Å². The van der Waals surface area contributed by atoms with Crippen LogP contribution in [-0.2, 0) is 24.8 Å². The second-order valence-corrected chi connectivity index (χ2v) is 9.17. The second kappa shape index (κ2) is 10.9. The third-order valence-electron chi connectivity index (χ3n) is 4.51. The number of aryl methyl sites for hydroxylation is 1. The molecule has 0 unspecified atom stereocenters. The molecule has 1 aromatic heterocycles. The first-order valence-corrected chi connectivity index (χ1v) is 12.0. The van der Waals surface area contributed by atoms with Gasteiger partial charge in [0.25, 0.3) is 0 Å². The van der Waals surface area contributed by atoms with Crippen molar-refractivity contribution in [2.45, 2.75) is 26.7 Å². The van der Waals surface area contributed by atoms with Crippen molar-refractivity contribution >= 4 is 36.1 Å². The number of benzene rings is 2. The maximum absolute atomic E-state index is 13.8. The van der Waals surface area contributed by atoms with Gasteiger partial charge in [-0.1, -0.05) is 16.8 Å². The number of carbonyl (C=O) groups excluding carboxylic acids is 1. The molecule has 1 amide bonds. The topological polar surface area (TPSA) is 90.7 Å². The second-order valence-electron chi connectivity index (χ2n) is 6.74. The van der Waals surface area contributed by atoms with Gasteiger partial charge in [-0.2, -0.15) is 0 Å². The number of hydrogen-bond acceptors (Lipinski definition) is 6. The molecule has 2 aromatic carbocycles. The predicted molar refractivity (Wildman–Crippen MR) is 121 cm³/mol. The Bertz CT molecular complexity index is 1110. The van der Waals surface area contributed by atoms with Crippen LogP contribution in [0, 0.1) is 5.82 Å². The van der Waals surface area contributed by atoms with E-state index in [1.54, 1.807) is 44.2 Å². The van der Waals surface area contributed by atoms with Gasteiger partial charge in [-0.05, 0) is 62.7 Å². The highest BCUT2D eigenvalue weighted by molar-refractivity contribution is 7.62. The lowest BCUT2D eigenvalue weighted by Crippen LogP contribution is -2.14. The molecular weight excluding hydrogens is 458 g/mol. The first-order chi connectivity index (χ1) is 15.4. The van der Waals surface area contributed by atoms with Crippen LogP contribution in [-0.4, -0.2) is 24.3 Å². The molecule has 0 aliphatic rings. The van der Waals surface area contributed by atoms with Crippen LogP contribution in [0.1, 0.15) is 25.8 Å². The van der Waals surface area contributed by atoms with Gasteiger partial charge in [0.05, 0.1) is 29.7 Å². The van der Waals surface area contributed by atoms with Crippen molar-refractivity contribution in [3.05, 3.63) is 65.1 Å². The Labute approximate surface area is 190 Å². The minimum Gasteiger partial charge on any atom is -0.356 e. The van der Waals surface area contributed by atoms with Crippen LogP contribution in [0.5, 0.6) is 0 Å². The molecule has 0 bridgehead atoms. The van der Waals surface area contributed by atoms with Crippen LogP contribution >= 0.6 is 19.2 Å². The highest BCUT2D eigenvalue weighted by atomic mass is 35.5. The van der Waals surface area contributed by atoms with Gasteiger partial charge >= 0.3 is 7.60 Å². The van der Waals surface area contributed by atoms with E-state index in [2.05, 4.69) is 10.5 Å². The quantitative estimate of drug-likeness (QED) is 0.380. The number of carbonyl (C=O) groups is 1. The van der Waals surface area contributed by atoms with E-state index in [1.165, 1.54) is 18.3 Å². The normalized spacial score (nSPS) is 11.5. The first kappa shape index (κ1) is 24.1. The summed E-state index contributed by atoms with van der Waals surface area (Å²) in [6.45, 7) is 3.99. The number of hydrogen-bond donors (Lipinski definition) is 1. The summed E-state index contributed by atoms with van der Waals surface area (Å²) in [4.78, 5) is 12.4. The van der Waals surface area contributed by atoms with Gasteiger partial charge in [-0.25, -0.2) is 4.39 Å². The van der Waals surface area contributed by atoms with E-state index in [-0.39, 0.29) is 30.6 Å². The van der Waals surface area contributed by atoms with Crippen molar-refractivity contribution in [2.75, 3.05) is 18.5 Å². The van der Waals surface area contributed by atoms with E-state index in [0.29, 0.717) is 34.3 Å². The van der Waals surface area contributed by atoms with Crippen molar-refractivity contribution < 1.29 is 27.3 Å². The summed E-state index contributed by atoms with van der Waals surface area (Å²) in [5.41, 5.74) is 1.71. The molecule has 0 saturated heterocycles. The molecular formula is C22H23ClFN2O5P. The summed E-state index contributed by atoms with van der Waals surface area (Å²) >= 11 is 5.72. The molecule has 0 spiro atoms. The van der Waals surface area contributed by atoms with Gasteiger partial charge in [0, 0.05) is 23.2 Å². The van der Waals surface area contributed by atoms with Crippen LogP contribution in [0.4, 0.5) is 10.1 Å². The molecule has 3 aromatic rings. The number of aromatic nitrogens is 1. The van der Waals surface area contributed by atoms with Gasteiger partial charge in [-0.3, -0.25) is 9.36 Å². The van der Waals surface area contributed by atoms with Crippen molar-refractivity contribution in [2.24, 2.45) is 0 Å². The lowest BCUT2D eigenvalue weighted by Gasteiger charge is -2.17. The zero-order valence-corrected chi connectivity index (χ0v) is 19.3. The molecule has 0 saturated carbocycles. The van der Waals surface area contributed by atoms with E-state index in [4.69, 9.17) is 25.2 Å². The average molecular weight is 481 g/mol. The third kappa shape index (κ3) is 5.84. The lowest BCUT2D eigenvalue weighted by atomic mass is 10.1. The SMILES string of the molecule is CCOP(=O)(OCC)c1ccc(NC(=O)CCc2cnoc2-c2ccc(Cl)c(F)c2)cc1. The third-order valence-corrected chi connectivity index (χ3v) is 6.95. The minimum atomic E-state index is -3.38. The summed E-state index contributed by atoms with van der Waals surface area (Å²) < 4.78 is 42.4. The molecule has 0 atom stereocenters. The van der Waals surface area contributed by atoms with Gasteiger partial charge in [0.2, 0.25) is 5.91 Å². The zero-order chi connectivity index (χ0) is 23.1. The Morgan fingerprint density at radius 2 is 1.84 bits per heavy atom. The average Bonchev–Trinajstić information content (AvgIpc) is 3.24. The number of anilines is 1. The van der Waals surface area contributed by atoms with Crippen LogP contribution in [0.15, 0.2) is 53.2 Å². The van der Waals surface area contributed by atoms with Gasteiger partial charge in [-0.15, -0.1) is 0 Å². The van der Waals surface area contributed by atoms with Crippen LogP contribution in [0.2, 0.25) is 5.02 Å². The predicted octanol–water partition coefficient (Wildman–Crippen LogP) is 5.60. The number of amides is 1. The molecule has 0 radical (unpaired) electrons. The van der Waals surface area contributed by atoms with Gasteiger partial charge in [0.1, 0.15) is 5.82 Å². The molecule has 10 heteroatoms. The number of nitrogens with one attached hydrogen (secondary N) is 1. The standard InChI is InChI=1S/C22H23ClFN2O5P/c1-3-29-32(28,30-4-2)18-9-7-17(8-10-18)26-21(27)12-6-16-14-25-31-22(16)15-5-11-19(23)20(24)13-15/h5,7-11,13-14H,3-4,6,12H2,1-2H3,(H,26,27). The van der Waals surface area contributed by atoms with Gasteiger partial charge in [0.15, 0.2) is 5.76 Å². The van der Waals surface area contributed by atoms with Crippen LogP contribution in [0.25, 0.3) is 11.3 Å². The Balaban J connectivity index is 1.62. The molecule has 1 N–H and O–H groups in total. The summed E-state index contributed by atoms with van der Waals surface area (Å²) in [5, 5.41) is 6.98. The maximum Gasteiger partial charge on any atom is 0.361 e. The number of nitrogens with zero attached hydrogens (tertiary/aromatic N) is 1. The van der Waals surface area contributed by atoms with E-state index in [9.17, 15) is 13.8 Å². The van der Waals surface area contributed by atoms with E-state index < -0.39 is 13.4 Å². The Morgan fingerprint density at radius 3 is 2.47 bits per heavy atom. The fraction of sp³-hybridized carbons (Fsp3) is 0.273. The molecule has 1 heterocycles. The summed E-state index contributed by atoms with van der Waals surface area (Å²) in [6.07, 6.45) is 2.00. The fourth-order valence-electron chi connectivity index (χ4n) is 3.04. The van der Waals surface area contributed by atoms with E-state index in [0.717, 1.165) is 0 Å². The number of rotatable bonds is 10. The summed E-state index contributed by atoms with van der Waals surface area (Å²) in [5.74, 6) is -0.406. The zero-order valence-electron chi connectivity index (χ0n) is 17.6. The number of halogens is 2. The Hall–Kier alpha value is -2.51. The lowest BCUT2D eigenvalue weighted by molar-refractivity contribution is -0.116. The summed E-state index contributed by atoms with van der Waals surface area (Å²) in [6, 6.07) is 10.8. The summed E-state index contributed by atoms with van der Waals surface area (Å²) in [7, 11) is -3.38. The smallest absolute Gasteiger partial charge is 0.356 e. The molecule has 0 aliphatic heterocycles. The fourth-order valence-corrected chi connectivity index (χ4v) is 4.72.